The van der Waals surface area contributed by atoms with Crippen LogP contribution in [-0.4, -0.2) is 23.8 Å². The van der Waals surface area contributed by atoms with Gasteiger partial charge in [0.1, 0.15) is 0 Å². The number of carbonyl (C=O) groups is 1. The molecule has 0 aromatic heterocycles. The predicted octanol–water partition coefficient (Wildman–Crippen LogP) is 3.86. The van der Waals surface area contributed by atoms with Gasteiger partial charge in [-0.1, -0.05) is 30.2 Å². The Kier molecular flexibility index (Phi) is 5.92. The summed E-state index contributed by atoms with van der Waals surface area (Å²) in [6.45, 7) is -0.331. The van der Waals surface area contributed by atoms with E-state index in [-0.39, 0.29) is 19.4 Å². The van der Waals surface area contributed by atoms with Crippen LogP contribution in [0.2, 0.25) is 5.02 Å². The van der Waals surface area contributed by atoms with Gasteiger partial charge in [0, 0.05) is 10.9 Å². The molecule has 7 heteroatoms. The lowest BCUT2D eigenvalue weighted by atomic mass is 9.80. The molecular weight excluding hydrogens is 331 g/mol. The molecule has 2 rings (SSSR count). The van der Waals surface area contributed by atoms with Gasteiger partial charge in [-0.3, -0.25) is 4.79 Å². The Morgan fingerprint density at radius 3 is 2.52 bits per heavy atom. The molecule has 0 heterocycles. The highest BCUT2D eigenvalue weighted by molar-refractivity contribution is 6.30. The molecule has 3 nitrogen and oxygen atoms in total. The molecule has 3 atom stereocenters. The van der Waals surface area contributed by atoms with Crippen molar-refractivity contribution in [3.63, 3.8) is 0 Å². The third kappa shape index (κ3) is 4.85. The standard InChI is InChI=1S/C16H19ClF3NO2/c17-13-6-4-10(5-7-13)14(9-22)21-15(23)11-2-1-3-12(8-11)16(18,19)20/h4-7,11-12,14,22H,1-3,8-9H2,(H,21,23). The average Bonchev–Trinajstić information content (AvgIpc) is 2.52. The summed E-state index contributed by atoms with van der Waals surface area (Å²) < 4.78 is 38.5. The number of carbonyl (C=O) groups excluding carboxylic acids is 1. The molecule has 1 fully saturated rings. The molecule has 1 aromatic rings. The first-order valence-electron chi connectivity index (χ1n) is 7.54. The lowest BCUT2D eigenvalue weighted by molar-refractivity contribution is -0.186. The van der Waals surface area contributed by atoms with E-state index in [1.165, 1.54) is 0 Å². The van der Waals surface area contributed by atoms with Crippen LogP contribution in [0.4, 0.5) is 13.2 Å². The van der Waals surface area contributed by atoms with Crippen molar-refractivity contribution in [1.29, 1.82) is 0 Å². The number of hydrogen-bond donors (Lipinski definition) is 2. The molecule has 0 spiro atoms. The number of alkyl halides is 3. The molecule has 3 unspecified atom stereocenters. The van der Waals surface area contributed by atoms with Gasteiger partial charge in [0.25, 0.3) is 0 Å². The molecule has 0 bridgehead atoms. The number of hydrogen-bond acceptors (Lipinski definition) is 2. The number of halogens is 4. The van der Waals surface area contributed by atoms with E-state index in [1.807, 2.05) is 0 Å². The van der Waals surface area contributed by atoms with Crippen LogP contribution in [0.3, 0.4) is 0 Å². The minimum Gasteiger partial charge on any atom is -0.394 e. The summed E-state index contributed by atoms with van der Waals surface area (Å²) in [6, 6.07) is 5.95. The van der Waals surface area contributed by atoms with Crippen LogP contribution in [-0.2, 0) is 4.79 Å². The predicted molar refractivity (Wildman–Crippen MR) is 80.9 cm³/mol. The molecule has 1 aliphatic rings. The van der Waals surface area contributed by atoms with Crippen LogP contribution >= 0.6 is 11.6 Å². The van der Waals surface area contributed by atoms with Gasteiger partial charge < -0.3 is 10.4 Å². The van der Waals surface area contributed by atoms with Gasteiger partial charge in [-0.15, -0.1) is 0 Å². The quantitative estimate of drug-likeness (QED) is 0.867. The zero-order chi connectivity index (χ0) is 17.0. The maximum atomic E-state index is 12.8. The van der Waals surface area contributed by atoms with E-state index >= 15 is 0 Å². The molecular formula is C16H19ClF3NO2. The highest BCUT2D eigenvalue weighted by Crippen LogP contribution is 2.40. The fraction of sp³-hybridized carbons (Fsp3) is 0.562. The van der Waals surface area contributed by atoms with Crippen LogP contribution in [0.25, 0.3) is 0 Å². The van der Waals surface area contributed by atoms with E-state index in [2.05, 4.69) is 5.32 Å². The van der Waals surface area contributed by atoms with Gasteiger partial charge in [-0.25, -0.2) is 0 Å². The Morgan fingerprint density at radius 2 is 1.96 bits per heavy atom. The van der Waals surface area contributed by atoms with Crippen molar-refractivity contribution in [3.8, 4) is 0 Å². The second kappa shape index (κ2) is 7.53. The number of aliphatic hydroxyl groups excluding tert-OH is 1. The molecule has 1 saturated carbocycles. The average molecular weight is 350 g/mol. The van der Waals surface area contributed by atoms with Crippen molar-refractivity contribution in [2.75, 3.05) is 6.61 Å². The van der Waals surface area contributed by atoms with Crippen molar-refractivity contribution in [1.82, 2.24) is 5.32 Å². The fourth-order valence-corrected chi connectivity index (χ4v) is 3.07. The molecule has 2 N–H and O–H groups in total. The first-order chi connectivity index (χ1) is 10.8. The molecule has 1 aromatic carbocycles. The van der Waals surface area contributed by atoms with E-state index in [1.54, 1.807) is 24.3 Å². The van der Waals surface area contributed by atoms with E-state index in [9.17, 15) is 23.1 Å². The van der Waals surface area contributed by atoms with Crippen LogP contribution in [0.15, 0.2) is 24.3 Å². The molecule has 1 amide bonds. The summed E-state index contributed by atoms with van der Waals surface area (Å²) in [5, 5.41) is 12.6. The number of aliphatic hydroxyl groups is 1. The largest absolute Gasteiger partial charge is 0.394 e. The maximum Gasteiger partial charge on any atom is 0.391 e. The normalized spacial score (nSPS) is 23.3. The van der Waals surface area contributed by atoms with Crippen molar-refractivity contribution < 1.29 is 23.1 Å². The molecule has 0 saturated heterocycles. The van der Waals surface area contributed by atoms with Gasteiger partial charge in [-0.2, -0.15) is 13.2 Å². The number of benzene rings is 1. The second-order valence-corrected chi connectivity index (χ2v) is 6.33. The summed E-state index contributed by atoms with van der Waals surface area (Å²) >= 11 is 5.79. The van der Waals surface area contributed by atoms with Crippen LogP contribution in [0.1, 0.15) is 37.3 Å². The lowest BCUT2D eigenvalue weighted by Gasteiger charge is -2.30. The Hall–Kier alpha value is -1.27. The fourth-order valence-electron chi connectivity index (χ4n) is 2.94. The van der Waals surface area contributed by atoms with Gasteiger partial charge in [0.15, 0.2) is 0 Å². The van der Waals surface area contributed by atoms with Crippen LogP contribution in [0.5, 0.6) is 0 Å². The Balaban J connectivity index is 2.00. The summed E-state index contributed by atoms with van der Waals surface area (Å²) in [5.74, 6) is -2.53. The third-order valence-electron chi connectivity index (χ3n) is 4.28. The number of rotatable bonds is 4. The molecule has 128 valence electrons. The van der Waals surface area contributed by atoms with E-state index < -0.39 is 30.0 Å². The Bertz CT molecular complexity index is 533. The molecule has 1 aliphatic carbocycles. The second-order valence-electron chi connectivity index (χ2n) is 5.90. The van der Waals surface area contributed by atoms with Crippen LogP contribution < -0.4 is 5.32 Å². The van der Waals surface area contributed by atoms with Gasteiger partial charge >= 0.3 is 6.18 Å². The summed E-state index contributed by atoms with van der Waals surface area (Å²) in [5.41, 5.74) is 0.661. The lowest BCUT2D eigenvalue weighted by Crippen LogP contribution is -2.39. The Labute approximate surface area is 137 Å². The van der Waals surface area contributed by atoms with Crippen molar-refractivity contribution in [2.45, 2.75) is 37.9 Å². The molecule has 0 aliphatic heterocycles. The SMILES string of the molecule is O=C(NC(CO)c1ccc(Cl)cc1)C1CCCC(C(F)(F)F)C1. The zero-order valence-electron chi connectivity index (χ0n) is 12.4. The number of nitrogens with one attached hydrogen (secondary N) is 1. The zero-order valence-corrected chi connectivity index (χ0v) is 13.2. The van der Waals surface area contributed by atoms with Gasteiger partial charge in [-0.05, 0) is 37.0 Å². The molecule has 23 heavy (non-hydrogen) atoms. The first-order valence-corrected chi connectivity index (χ1v) is 7.92. The maximum absolute atomic E-state index is 12.8. The highest BCUT2D eigenvalue weighted by atomic mass is 35.5. The van der Waals surface area contributed by atoms with Gasteiger partial charge in [0.2, 0.25) is 5.91 Å². The van der Waals surface area contributed by atoms with Crippen LogP contribution in [0, 0.1) is 11.8 Å². The highest BCUT2D eigenvalue weighted by Gasteiger charge is 2.43. The van der Waals surface area contributed by atoms with E-state index in [0.29, 0.717) is 23.4 Å². The third-order valence-corrected chi connectivity index (χ3v) is 4.53. The minimum atomic E-state index is -4.26. The summed E-state index contributed by atoms with van der Waals surface area (Å²) in [7, 11) is 0. The van der Waals surface area contributed by atoms with Crippen molar-refractivity contribution >= 4 is 17.5 Å². The summed E-state index contributed by atoms with van der Waals surface area (Å²) in [6.07, 6.45) is -3.54. The smallest absolute Gasteiger partial charge is 0.391 e. The van der Waals surface area contributed by atoms with Gasteiger partial charge in [0.05, 0.1) is 18.6 Å². The molecule has 0 radical (unpaired) electrons. The monoisotopic (exact) mass is 349 g/mol. The van der Waals surface area contributed by atoms with Crippen molar-refractivity contribution in [2.24, 2.45) is 11.8 Å². The van der Waals surface area contributed by atoms with E-state index in [4.69, 9.17) is 11.6 Å². The van der Waals surface area contributed by atoms with Crippen molar-refractivity contribution in [3.05, 3.63) is 34.9 Å². The first kappa shape index (κ1) is 18.1. The summed E-state index contributed by atoms with van der Waals surface area (Å²) in [4.78, 5) is 12.3. The minimum absolute atomic E-state index is 0.0773. The number of amides is 1. The Morgan fingerprint density at radius 1 is 1.30 bits per heavy atom. The van der Waals surface area contributed by atoms with E-state index in [0.717, 1.165) is 0 Å². The topological polar surface area (TPSA) is 49.3 Å².